The minimum Gasteiger partial charge on any atom is -0.361 e. The van der Waals surface area contributed by atoms with Crippen LogP contribution in [0, 0.1) is 0 Å². The fourth-order valence-corrected chi connectivity index (χ4v) is 3.04. The number of hydrazine groups is 1. The summed E-state index contributed by atoms with van der Waals surface area (Å²) in [5.74, 6) is 0. The summed E-state index contributed by atoms with van der Waals surface area (Å²) < 4.78 is 0. The number of hydrogen-bond acceptors (Lipinski definition) is 3. The van der Waals surface area contributed by atoms with Crippen LogP contribution in [0.3, 0.4) is 0 Å². The van der Waals surface area contributed by atoms with Crippen molar-refractivity contribution in [2.75, 3.05) is 5.43 Å². The molecule has 2 aromatic carbocycles. The molecule has 0 amide bonds. The lowest BCUT2D eigenvalue weighted by Gasteiger charge is -2.16. The van der Waals surface area contributed by atoms with Gasteiger partial charge in [0.2, 0.25) is 0 Å². The lowest BCUT2D eigenvalue weighted by atomic mass is 10.1. The van der Waals surface area contributed by atoms with Gasteiger partial charge in [0, 0.05) is 41.5 Å². The zero-order valence-corrected chi connectivity index (χ0v) is 12.5. The monoisotopic (exact) mass is 311 g/mol. The van der Waals surface area contributed by atoms with Crippen molar-refractivity contribution in [3.63, 3.8) is 0 Å². The van der Waals surface area contributed by atoms with Gasteiger partial charge in [-0.3, -0.25) is 4.79 Å². The highest BCUT2D eigenvalue weighted by Gasteiger charge is 2.21. The topological polar surface area (TPSA) is 48.1 Å². The molecular formula is C17H14ClN3O. The van der Waals surface area contributed by atoms with E-state index in [0.29, 0.717) is 6.54 Å². The predicted molar refractivity (Wildman–Crippen MR) is 88.9 cm³/mol. The van der Waals surface area contributed by atoms with Crippen LogP contribution in [0.2, 0.25) is 5.02 Å². The van der Waals surface area contributed by atoms with Gasteiger partial charge in [-0.05, 0) is 29.8 Å². The summed E-state index contributed by atoms with van der Waals surface area (Å²) in [6, 6.07) is 13.3. The maximum Gasteiger partial charge on any atom is 0.189 e. The Kier molecular flexibility index (Phi) is 3.13. The zero-order valence-electron chi connectivity index (χ0n) is 11.8. The van der Waals surface area contributed by atoms with E-state index in [1.54, 1.807) is 12.3 Å². The minimum absolute atomic E-state index is 0.0562. The van der Waals surface area contributed by atoms with E-state index < -0.39 is 0 Å². The first-order valence-electron chi connectivity index (χ1n) is 7.10. The van der Waals surface area contributed by atoms with Crippen LogP contribution in [-0.4, -0.2) is 9.99 Å². The Labute approximate surface area is 132 Å². The van der Waals surface area contributed by atoms with E-state index in [1.807, 2.05) is 36.4 Å². The molecule has 1 aliphatic heterocycles. The van der Waals surface area contributed by atoms with Crippen LogP contribution in [0.5, 0.6) is 0 Å². The molecule has 0 bridgehead atoms. The number of nitrogens with one attached hydrogen (secondary N) is 2. The van der Waals surface area contributed by atoms with E-state index in [0.717, 1.165) is 33.7 Å². The highest BCUT2D eigenvalue weighted by atomic mass is 35.5. The molecule has 2 N–H and O–H groups in total. The number of nitrogens with zero attached hydrogens (tertiary/aromatic N) is 1. The Morgan fingerprint density at radius 2 is 1.91 bits per heavy atom. The molecule has 0 fully saturated rings. The van der Waals surface area contributed by atoms with Crippen LogP contribution in [0.1, 0.15) is 11.1 Å². The molecule has 0 spiro atoms. The van der Waals surface area contributed by atoms with Gasteiger partial charge in [0.15, 0.2) is 5.43 Å². The molecule has 0 atom stereocenters. The van der Waals surface area contributed by atoms with Gasteiger partial charge in [-0.1, -0.05) is 23.7 Å². The van der Waals surface area contributed by atoms with Crippen LogP contribution in [0.25, 0.3) is 10.9 Å². The number of aromatic nitrogens is 1. The molecule has 0 saturated carbocycles. The molecule has 0 radical (unpaired) electrons. The number of H-pyrrole nitrogens is 1. The third-order valence-corrected chi connectivity index (χ3v) is 4.20. The van der Waals surface area contributed by atoms with Gasteiger partial charge in [0.25, 0.3) is 0 Å². The number of halogens is 1. The molecule has 2 heterocycles. The van der Waals surface area contributed by atoms with Crippen molar-refractivity contribution in [3.05, 3.63) is 75.0 Å². The number of aromatic amines is 1. The molecule has 4 rings (SSSR count). The third kappa shape index (κ3) is 2.26. The molecule has 0 aliphatic carbocycles. The van der Waals surface area contributed by atoms with Gasteiger partial charge in [-0.25, -0.2) is 5.01 Å². The van der Waals surface area contributed by atoms with E-state index in [-0.39, 0.29) is 5.43 Å². The standard InChI is InChI=1S/C17H14ClN3O/c18-12-3-1-11(2-4-12)9-21-10-13-14(20-21)5-6-15-17(13)16(22)7-8-19-15/h1-8,20H,9-10H2,(H,19,22). The molecule has 5 heteroatoms. The van der Waals surface area contributed by atoms with E-state index in [1.165, 1.54) is 5.56 Å². The van der Waals surface area contributed by atoms with E-state index in [2.05, 4.69) is 15.4 Å². The van der Waals surface area contributed by atoms with Crippen LogP contribution in [-0.2, 0) is 13.1 Å². The van der Waals surface area contributed by atoms with E-state index >= 15 is 0 Å². The van der Waals surface area contributed by atoms with E-state index in [4.69, 9.17) is 11.6 Å². The molecule has 0 saturated heterocycles. The van der Waals surface area contributed by atoms with Crippen LogP contribution < -0.4 is 10.9 Å². The van der Waals surface area contributed by atoms with Crippen molar-refractivity contribution in [1.29, 1.82) is 0 Å². The average molecular weight is 312 g/mol. The molecule has 1 aromatic heterocycles. The Balaban J connectivity index is 1.67. The second-order valence-corrected chi connectivity index (χ2v) is 5.89. The number of pyridine rings is 1. The molecule has 1 aliphatic rings. The fourth-order valence-electron chi connectivity index (χ4n) is 2.92. The number of rotatable bonds is 2. The molecule has 3 aromatic rings. The number of anilines is 1. The number of benzene rings is 2. The minimum atomic E-state index is 0.0562. The lowest BCUT2D eigenvalue weighted by Crippen LogP contribution is -2.22. The predicted octanol–water partition coefficient (Wildman–Crippen LogP) is 3.52. The normalized spacial score (nSPS) is 14.0. The lowest BCUT2D eigenvalue weighted by molar-refractivity contribution is 0.336. The summed E-state index contributed by atoms with van der Waals surface area (Å²) in [7, 11) is 0. The van der Waals surface area contributed by atoms with Gasteiger partial charge >= 0.3 is 0 Å². The van der Waals surface area contributed by atoms with Crippen molar-refractivity contribution in [2.45, 2.75) is 13.1 Å². The summed E-state index contributed by atoms with van der Waals surface area (Å²) in [4.78, 5) is 15.3. The van der Waals surface area contributed by atoms with Crippen LogP contribution in [0.4, 0.5) is 5.69 Å². The van der Waals surface area contributed by atoms with Crippen molar-refractivity contribution in [1.82, 2.24) is 9.99 Å². The molecule has 22 heavy (non-hydrogen) atoms. The fraction of sp³-hybridized carbons (Fsp3) is 0.118. The number of fused-ring (bicyclic) bond motifs is 3. The Bertz CT molecular complexity index is 902. The molecule has 0 unspecified atom stereocenters. The van der Waals surface area contributed by atoms with Crippen molar-refractivity contribution in [2.24, 2.45) is 0 Å². The maximum absolute atomic E-state index is 12.2. The Morgan fingerprint density at radius 3 is 2.73 bits per heavy atom. The summed E-state index contributed by atoms with van der Waals surface area (Å²) in [5, 5.41) is 3.60. The Hall–Kier alpha value is -2.30. The third-order valence-electron chi connectivity index (χ3n) is 3.95. The highest BCUT2D eigenvalue weighted by Crippen LogP contribution is 2.30. The van der Waals surface area contributed by atoms with Crippen molar-refractivity contribution < 1.29 is 0 Å². The molecular weight excluding hydrogens is 298 g/mol. The number of hydrogen-bond donors (Lipinski definition) is 2. The molecule has 4 nitrogen and oxygen atoms in total. The quantitative estimate of drug-likeness (QED) is 0.761. The second kappa shape index (κ2) is 5.16. The smallest absolute Gasteiger partial charge is 0.189 e. The van der Waals surface area contributed by atoms with Crippen LogP contribution >= 0.6 is 11.6 Å². The first kappa shape index (κ1) is 13.4. The first-order chi connectivity index (χ1) is 10.7. The van der Waals surface area contributed by atoms with Gasteiger partial charge in [-0.15, -0.1) is 0 Å². The summed E-state index contributed by atoms with van der Waals surface area (Å²) in [6.07, 6.45) is 1.69. The van der Waals surface area contributed by atoms with Gasteiger partial charge in [0.05, 0.1) is 11.1 Å². The maximum atomic E-state index is 12.2. The molecule has 110 valence electrons. The summed E-state index contributed by atoms with van der Waals surface area (Å²) in [5.41, 5.74) is 7.51. The van der Waals surface area contributed by atoms with Crippen molar-refractivity contribution >= 4 is 28.2 Å². The summed E-state index contributed by atoms with van der Waals surface area (Å²) in [6.45, 7) is 1.44. The first-order valence-corrected chi connectivity index (χ1v) is 7.48. The zero-order chi connectivity index (χ0) is 15.1. The van der Waals surface area contributed by atoms with E-state index in [9.17, 15) is 4.79 Å². The highest BCUT2D eigenvalue weighted by molar-refractivity contribution is 6.30. The van der Waals surface area contributed by atoms with Crippen molar-refractivity contribution in [3.8, 4) is 0 Å². The SMILES string of the molecule is O=c1cc[nH]c2ccc3c(c12)CN(Cc1ccc(Cl)cc1)N3. The van der Waals surface area contributed by atoms with Gasteiger partial charge in [-0.2, -0.15) is 0 Å². The Morgan fingerprint density at radius 1 is 1.09 bits per heavy atom. The summed E-state index contributed by atoms with van der Waals surface area (Å²) >= 11 is 5.92. The average Bonchev–Trinajstić information content (AvgIpc) is 2.92. The second-order valence-electron chi connectivity index (χ2n) is 5.45. The van der Waals surface area contributed by atoms with Crippen LogP contribution in [0.15, 0.2) is 53.5 Å². The van der Waals surface area contributed by atoms with Gasteiger partial charge in [0.1, 0.15) is 0 Å². The van der Waals surface area contributed by atoms with Gasteiger partial charge < -0.3 is 10.4 Å². The largest absolute Gasteiger partial charge is 0.361 e.